The van der Waals surface area contributed by atoms with Crippen LogP contribution < -0.4 is 0 Å². The predicted octanol–water partition coefficient (Wildman–Crippen LogP) is 8.82. The van der Waals surface area contributed by atoms with Crippen LogP contribution >= 0.6 is 22.7 Å². The van der Waals surface area contributed by atoms with E-state index in [4.69, 9.17) is 19.9 Å². The van der Waals surface area contributed by atoms with E-state index >= 15 is 0 Å². The maximum Gasteiger partial charge on any atom is 0.178 e. The Hall–Kier alpha value is -5.18. The molecule has 0 saturated carbocycles. The van der Waals surface area contributed by atoms with Crippen molar-refractivity contribution >= 4 is 44.2 Å². The number of rotatable bonds is 5. The molecule has 0 radical (unpaired) electrons. The average molecular weight is 577 g/mol. The second kappa shape index (κ2) is 10.3. The Kier molecular flexibility index (Phi) is 6.05. The molecule has 4 aromatic heterocycles. The van der Waals surface area contributed by atoms with Gasteiger partial charge in [0.15, 0.2) is 11.6 Å². The molecule has 0 amide bonds. The molecule has 0 unspecified atom stereocenters. The first-order valence-electron chi connectivity index (χ1n) is 13.3. The highest BCUT2D eigenvalue weighted by Crippen LogP contribution is 2.44. The van der Waals surface area contributed by atoms with Gasteiger partial charge in [0.05, 0.1) is 11.0 Å². The number of benzene rings is 4. The summed E-state index contributed by atoms with van der Waals surface area (Å²) in [6.45, 7) is 0. The summed E-state index contributed by atoms with van der Waals surface area (Å²) >= 11 is 3.07. The van der Waals surface area contributed by atoms with E-state index in [-0.39, 0.29) is 0 Å². The van der Waals surface area contributed by atoms with E-state index < -0.39 is 0 Å². The molecule has 0 atom stereocenters. The highest BCUT2D eigenvalue weighted by atomic mass is 32.1. The standard InChI is InChI=1S/C34H20N6S2/c1-2-6-21(7-3-1)22-10-11-27-28(12-22)32(24-15-37-34(38-16-24)30-18-42-20-40-30)26-9-5-4-8-25(26)31(27)23-13-35-33(36-14-23)29-17-41-19-39-29/h1-20H. The highest BCUT2D eigenvalue weighted by molar-refractivity contribution is 7.08. The Morgan fingerprint density at radius 1 is 0.405 bits per heavy atom. The Balaban J connectivity index is 1.40. The first kappa shape index (κ1) is 24.6. The minimum atomic E-state index is 0.618. The molecule has 0 N–H and O–H groups in total. The molecule has 4 aromatic carbocycles. The quantitative estimate of drug-likeness (QED) is 0.191. The van der Waals surface area contributed by atoms with Crippen LogP contribution in [-0.2, 0) is 0 Å². The minimum Gasteiger partial charge on any atom is -0.241 e. The van der Waals surface area contributed by atoms with E-state index in [0.717, 1.165) is 66.3 Å². The molecule has 0 aliphatic carbocycles. The molecule has 8 rings (SSSR count). The summed E-state index contributed by atoms with van der Waals surface area (Å²) in [4.78, 5) is 27.6. The van der Waals surface area contributed by atoms with Crippen LogP contribution in [0.1, 0.15) is 0 Å². The van der Waals surface area contributed by atoms with Crippen LogP contribution in [0.2, 0.25) is 0 Å². The van der Waals surface area contributed by atoms with Crippen LogP contribution in [0.15, 0.2) is 119 Å². The second-order valence-electron chi connectivity index (χ2n) is 9.76. The van der Waals surface area contributed by atoms with Crippen molar-refractivity contribution in [3.63, 3.8) is 0 Å². The third kappa shape index (κ3) is 4.25. The van der Waals surface area contributed by atoms with E-state index in [1.807, 2.05) is 41.6 Å². The van der Waals surface area contributed by atoms with Gasteiger partial charge in [-0.05, 0) is 38.7 Å². The first-order chi connectivity index (χ1) is 20.8. The van der Waals surface area contributed by atoms with Crippen molar-refractivity contribution in [1.82, 2.24) is 29.9 Å². The highest BCUT2D eigenvalue weighted by Gasteiger charge is 2.19. The van der Waals surface area contributed by atoms with Crippen molar-refractivity contribution in [2.75, 3.05) is 0 Å². The Bertz CT molecular complexity index is 2160. The zero-order valence-corrected chi connectivity index (χ0v) is 23.7. The van der Waals surface area contributed by atoms with Gasteiger partial charge in [0.1, 0.15) is 11.4 Å². The van der Waals surface area contributed by atoms with Crippen molar-refractivity contribution in [3.8, 4) is 56.4 Å². The molecule has 0 saturated heterocycles. The molecule has 6 nitrogen and oxygen atoms in total. The number of aromatic nitrogens is 6. The molecular formula is C34H20N6S2. The molecule has 198 valence electrons. The van der Waals surface area contributed by atoms with E-state index in [2.05, 4.69) is 76.7 Å². The van der Waals surface area contributed by atoms with Crippen LogP contribution in [0.4, 0.5) is 0 Å². The summed E-state index contributed by atoms with van der Waals surface area (Å²) in [5.74, 6) is 1.24. The molecule has 8 heteroatoms. The van der Waals surface area contributed by atoms with Gasteiger partial charge in [-0.15, -0.1) is 22.7 Å². The first-order valence-corrected chi connectivity index (χ1v) is 15.2. The number of nitrogens with zero attached hydrogens (tertiary/aromatic N) is 6. The van der Waals surface area contributed by atoms with Crippen molar-refractivity contribution < 1.29 is 0 Å². The minimum absolute atomic E-state index is 0.618. The van der Waals surface area contributed by atoms with Crippen LogP contribution in [0.5, 0.6) is 0 Å². The predicted molar refractivity (Wildman–Crippen MR) is 171 cm³/mol. The lowest BCUT2D eigenvalue weighted by Gasteiger charge is -2.18. The van der Waals surface area contributed by atoms with Crippen molar-refractivity contribution in [3.05, 3.63) is 119 Å². The zero-order valence-electron chi connectivity index (χ0n) is 22.0. The molecule has 42 heavy (non-hydrogen) atoms. The van der Waals surface area contributed by atoms with Gasteiger partial charge in [-0.1, -0.05) is 66.7 Å². The maximum atomic E-state index is 4.71. The monoisotopic (exact) mass is 576 g/mol. The van der Waals surface area contributed by atoms with Crippen LogP contribution in [0.3, 0.4) is 0 Å². The molecular weight excluding hydrogens is 557 g/mol. The van der Waals surface area contributed by atoms with Gasteiger partial charge in [0.25, 0.3) is 0 Å². The van der Waals surface area contributed by atoms with E-state index in [9.17, 15) is 0 Å². The summed E-state index contributed by atoms with van der Waals surface area (Å²) < 4.78 is 0. The number of hydrogen-bond acceptors (Lipinski definition) is 8. The van der Waals surface area contributed by atoms with E-state index in [1.54, 1.807) is 11.0 Å². The van der Waals surface area contributed by atoms with Gasteiger partial charge in [-0.25, -0.2) is 29.9 Å². The molecule has 0 bridgehead atoms. The fourth-order valence-corrected chi connectivity index (χ4v) is 6.50. The lowest BCUT2D eigenvalue weighted by molar-refractivity contribution is 1.16. The van der Waals surface area contributed by atoms with Crippen molar-refractivity contribution in [1.29, 1.82) is 0 Å². The fourth-order valence-electron chi connectivity index (χ4n) is 5.44. The zero-order chi connectivity index (χ0) is 27.9. The normalized spacial score (nSPS) is 11.3. The summed E-state index contributed by atoms with van der Waals surface area (Å²) in [5.41, 5.74) is 11.5. The summed E-state index contributed by atoms with van der Waals surface area (Å²) in [6, 6.07) is 25.6. The topological polar surface area (TPSA) is 77.3 Å². The van der Waals surface area contributed by atoms with Gasteiger partial charge in [-0.2, -0.15) is 0 Å². The summed E-state index contributed by atoms with van der Waals surface area (Å²) in [6.07, 6.45) is 7.62. The average Bonchev–Trinajstić information content (AvgIpc) is 3.80. The smallest absolute Gasteiger partial charge is 0.178 e. The van der Waals surface area contributed by atoms with E-state index in [1.165, 1.54) is 22.7 Å². The molecule has 4 heterocycles. The third-order valence-electron chi connectivity index (χ3n) is 7.33. The molecule has 0 aliphatic rings. The maximum absolute atomic E-state index is 4.71. The molecule has 8 aromatic rings. The largest absolute Gasteiger partial charge is 0.241 e. The Labute approximate surface area is 249 Å². The van der Waals surface area contributed by atoms with Crippen LogP contribution in [0.25, 0.3) is 78.0 Å². The number of fused-ring (bicyclic) bond motifs is 2. The van der Waals surface area contributed by atoms with Crippen molar-refractivity contribution in [2.45, 2.75) is 0 Å². The Morgan fingerprint density at radius 3 is 1.43 bits per heavy atom. The van der Waals surface area contributed by atoms with Crippen LogP contribution in [-0.4, -0.2) is 29.9 Å². The van der Waals surface area contributed by atoms with Gasteiger partial charge in [-0.3, -0.25) is 0 Å². The molecule has 0 fully saturated rings. The SMILES string of the molecule is c1ccc(-c2ccc3c(-c4cnc(-c5cscn5)nc4)c4ccccc4c(-c4cnc(-c5cscn5)nc4)c3c2)cc1. The number of hydrogen-bond donors (Lipinski definition) is 0. The van der Waals surface area contributed by atoms with E-state index in [0.29, 0.717) is 11.6 Å². The summed E-state index contributed by atoms with van der Waals surface area (Å²) in [5, 5.41) is 8.36. The Morgan fingerprint density at radius 2 is 0.905 bits per heavy atom. The van der Waals surface area contributed by atoms with Crippen molar-refractivity contribution in [2.24, 2.45) is 0 Å². The van der Waals surface area contributed by atoms with Gasteiger partial charge in [0.2, 0.25) is 0 Å². The van der Waals surface area contributed by atoms with Gasteiger partial charge in [0, 0.05) is 57.8 Å². The van der Waals surface area contributed by atoms with Gasteiger partial charge >= 0.3 is 0 Å². The fraction of sp³-hybridized carbons (Fsp3) is 0. The van der Waals surface area contributed by atoms with Crippen LogP contribution in [0, 0.1) is 0 Å². The second-order valence-corrected chi connectivity index (χ2v) is 11.2. The third-order valence-corrected chi connectivity index (χ3v) is 8.51. The summed E-state index contributed by atoms with van der Waals surface area (Å²) in [7, 11) is 0. The lowest BCUT2D eigenvalue weighted by Crippen LogP contribution is -1.95. The molecule has 0 spiro atoms. The lowest BCUT2D eigenvalue weighted by atomic mass is 9.86. The number of thiazole rings is 2. The molecule has 0 aliphatic heterocycles. The van der Waals surface area contributed by atoms with Gasteiger partial charge < -0.3 is 0 Å².